The lowest BCUT2D eigenvalue weighted by Crippen LogP contribution is -2.38. The Morgan fingerprint density at radius 3 is 2.41 bits per heavy atom. The molecule has 1 aromatic rings. The van der Waals surface area contributed by atoms with Gasteiger partial charge in [0.25, 0.3) is 5.91 Å². The van der Waals surface area contributed by atoms with Gasteiger partial charge in [-0.1, -0.05) is 0 Å². The minimum Gasteiger partial charge on any atom is -0.478 e. The van der Waals surface area contributed by atoms with Crippen LogP contribution in [0.25, 0.3) is 0 Å². The minimum atomic E-state index is -1.09. The fourth-order valence-corrected chi connectivity index (χ4v) is 2.28. The van der Waals surface area contributed by atoms with Crippen LogP contribution in [0, 0.1) is 0 Å². The van der Waals surface area contributed by atoms with E-state index in [1.165, 1.54) is 6.07 Å². The lowest BCUT2D eigenvalue weighted by Gasteiger charge is -2.25. The standard InChI is InChI=1S/C12H15NO4/c1-7-3-4-8(2)13(7)11(14)10-5-9(6-17-10)12(15)16/h5-8H,3-4H2,1-2H3,(H,15,16). The summed E-state index contributed by atoms with van der Waals surface area (Å²) in [6.45, 7) is 3.98. The van der Waals surface area contributed by atoms with E-state index in [9.17, 15) is 9.59 Å². The Labute approximate surface area is 99.0 Å². The third-order valence-corrected chi connectivity index (χ3v) is 3.24. The summed E-state index contributed by atoms with van der Waals surface area (Å²) in [6, 6.07) is 1.63. The Hall–Kier alpha value is -1.78. The highest BCUT2D eigenvalue weighted by molar-refractivity contribution is 5.95. The number of amides is 1. The summed E-state index contributed by atoms with van der Waals surface area (Å²) in [5.74, 6) is -1.21. The molecule has 0 aromatic carbocycles. The molecule has 1 N–H and O–H groups in total. The van der Waals surface area contributed by atoms with Crippen molar-refractivity contribution in [3.05, 3.63) is 23.7 Å². The largest absolute Gasteiger partial charge is 0.478 e. The van der Waals surface area contributed by atoms with Crippen molar-refractivity contribution in [2.24, 2.45) is 0 Å². The lowest BCUT2D eigenvalue weighted by molar-refractivity contribution is 0.0657. The molecule has 17 heavy (non-hydrogen) atoms. The van der Waals surface area contributed by atoms with Crippen molar-refractivity contribution in [2.75, 3.05) is 0 Å². The second-order valence-corrected chi connectivity index (χ2v) is 4.49. The fourth-order valence-electron chi connectivity index (χ4n) is 2.28. The van der Waals surface area contributed by atoms with Crippen molar-refractivity contribution in [2.45, 2.75) is 38.8 Å². The van der Waals surface area contributed by atoms with Gasteiger partial charge in [0, 0.05) is 18.2 Å². The lowest BCUT2D eigenvalue weighted by atomic mass is 10.2. The van der Waals surface area contributed by atoms with Crippen LogP contribution in [0.5, 0.6) is 0 Å². The molecule has 1 aliphatic heterocycles. The molecule has 2 atom stereocenters. The Bertz CT molecular complexity index is 441. The van der Waals surface area contributed by atoms with Gasteiger partial charge in [0.15, 0.2) is 5.76 Å². The molecule has 92 valence electrons. The van der Waals surface area contributed by atoms with E-state index in [1.54, 1.807) is 4.90 Å². The second kappa shape index (κ2) is 4.24. The number of carbonyl (C=O) groups is 2. The van der Waals surface area contributed by atoms with E-state index in [-0.39, 0.29) is 29.3 Å². The molecule has 1 saturated heterocycles. The normalized spacial score (nSPS) is 24.0. The Morgan fingerprint density at radius 1 is 1.35 bits per heavy atom. The zero-order valence-electron chi connectivity index (χ0n) is 9.84. The van der Waals surface area contributed by atoms with Crippen molar-refractivity contribution in [3.63, 3.8) is 0 Å². The van der Waals surface area contributed by atoms with Gasteiger partial charge in [0.05, 0.1) is 5.56 Å². The summed E-state index contributed by atoms with van der Waals surface area (Å²) < 4.78 is 5.02. The summed E-state index contributed by atoms with van der Waals surface area (Å²) in [4.78, 5) is 24.6. The summed E-state index contributed by atoms with van der Waals surface area (Å²) >= 11 is 0. The number of rotatable bonds is 2. The van der Waals surface area contributed by atoms with Crippen LogP contribution in [0.15, 0.2) is 16.7 Å². The quantitative estimate of drug-likeness (QED) is 0.853. The van der Waals surface area contributed by atoms with Gasteiger partial charge < -0.3 is 14.4 Å². The van der Waals surface area contributed by atoms with Crippen molar-refractivity contribution in [1.29, 1.82) is 0 Å². The van der Waals surface area contributed by atoms with E-state index in [0.717, 1.165) is 19.1 Å². The fraction of sp³-hybridized carbons (Fsp3) is 0.500. The maximum Gasteiger partial charge on any atom is 0.338 e. The Morgan fingerprint density at radius 2 is 1.94 bits per heavy atom. The third-order valence-electron chi connectivity index (χ3n) is 3.24. The van der Waals surface area contributed by atoms with Gasteiger partial charge in [-0.2, -0.15) is 0 Å². The number of furan rings is 1. The number of carboxylic acids is 1. The van der Waals surface area contributed by atoms with Gasteiger partial charge in [-0.05, 0) is 26.7 Å². The number of carbonyl (C=O) groups excluding carboxylic acids is 1. The van der Waals surface area contributed by atoms with E-state index < -0.39 is 5.97 Å². The SMILES string of the molecule is CC1CCC(C)N1C(=O)c1cc(C(=O)O)co1. The maximum atomic E-state index is 12.1. The number of nitrogens with zero attached hydrogens (tertiary/aromatic N) is 1. The van der Waals surface area contributed by atoms with E-state index in [0.29, 0.717) is 0 Å². The van der Waals surface area contributed by atoms with Crippen LogP contribution in [0.4, 0.5) is 0 Å². The van der Waals surface area contributed by atoms with Crippen molar-refractivity contribution >= 4 is 11.9 Å². The predicted molar refractivity (Wildman–Crippen MR) is 60.0 cm³/mol. The van der Waals surface area contributed by atoms with Gasteiger partial charge in [-0.3, -0.25) is 4.79 Å². The van der Waals surface area contributed by atoms with Crippen molar-refractivity contribution in [3.8, 4) is 0 Å². The highest BCUT2D eigenvalue weighted by Crippen LogP contribution is 2.26. The zero-order valence-corrected chi connectivity index (χ0v) is 9.84. The van der Waals surface area contributed by atoms with Crippen LogP contribution < -0.4 is 0 Å². The molecule has 5 heteroatoms. The summed E-state index contributed by atoms with van der Waals surface area (Å²) in [5.41, 5.74) is 0.00727. The highest BCUT2D eigenvalue weighted by Gasteiger charge is 2.33. The molecule has 1 fully saturated rings. The highest BCUT2D eigenvalue weighted by atomic mass is 16.4. The van der Waals surface area contributed by atoms with Gasteiger partial charge in [-0.25, -0.2) is 4.79 Å². The molecule has 1 amide bonds. The van der Waals surface area contributed by atoms with Crippen LogP contribution in [0.1, 0.15) is 47.6 Å². The average Bonchev–Trinajstić information content (AvgIpc) is 2.85. The van der Waals surface area contributed by atoms with Gasteiger partial charge in [-0.15, -0.1) is 0 Å². The monoisotopic (exact) mass is 237 g/mol. The summed E-state index contributed by atoms with van der Waals surface area (Å²) in [7, 11) is 0. The van der Waals surface area contributed by atoms with Gasteiger partial charge in [0.2, 0.25) is 0 Å². The molecule has 0 saturated carbocycles. The number of aromatic carboxylic acids is 1. The number of carboxylic acid groups (broad SMARTS) is 1. The summed E-state index contributed by atoms with van der Waals surface area (Å²) in [6.07, 6.45) is 3.04. The van der Waals surface area contributed by atoms with Crippen molar-refractivity contribution < 1.29 is 19.1 Å². The minimum absolute atomic E-state index is 0.00727. The van der Waals surface area contributed by atoms with E-state index >= 15 is 0 Å². The number of hydrogen-bond donors (Lipinski definition) is 1. The molecule has 5 nitrogen and oxygen atoms in total. The zero-order chi connectivity index (χ0) is 12.6. The molecule has 0 aliphatic carbocycles. The van der Waals surface area contributed by atoms with Crippen LogP contribution in [-0.2, 0) is 0 Å². The van der Waals surface area contributed by atoms with E-state index in [1.807, 2.05) is 13.8 Å². The number of hydrogen-bond acceptors (Lipinski definition) is 3. The van der Waals surface area contributed by atoms with Gasteiger partial charge >= 0.3 is 5.97 Å². The van der Waals surface area contributed by atoms with Crippen LogP contribution in [0.2, 0.25) is 0 Å². The van der Waals surface area contributed by atoms with Crippen molar-refractivity contribution in [1.82, 2.24) is 4.90 Å². The molecule has 2 unspecified atom stereocenters. The molecule has 1 aliphatic rings. The second-order valence-electron chi connectivity index (χ2n) is 4.49. The first-order chi connectivity index (χ1) is 8.00. The van der Waals surface area contributed by atoms with E-state index in [4.69, 9.17) is 9.52 Å². The topological polar surface area (TPSA) is 70.8 Å². The molecule has 1 aromatic heterocycles. The smallest absolute Gasteiger partial charge is 0.338 e. The van der Waals surface area contributed by atoms with E-state index in [2.05, 4.69) is 0 Å². The molecule has 0 spiro atoms. The number of likely N-dealkylation sites (tertiary alicyclic amines) is 1. The Balaban J connectivity index is 2.21. The molecule has 0 bridgehead atoms. The first-order valence-electron chi connectivity index (χ1n) is 5.65. The molecule has 0 radical (unpaired) electrons. The molecular weight excluding hydrogens is 222 g/mol. The summed E-state index contributed by atoms with van der Waals surface area (Å²) in [5, 5.41) is 8.76. The first-order valence-corrected chi connectivity index (χ1v) is 5.65. The van der Waals surface area contributed by atoms with Crippen LogP contribution in [0.3, 0.4) is 0 Å². The maximum absolute atomic E-state index is 12.1. The molecule has 2 heterocycles. The first kappa shape index (κ1) is 11.7. The van der Waals surface area contributed by atoms with Gasteiger partial charge in [0.1, 0.15) is 6.26 Å². The molecular formula is C12H15NO4. The average molecular weight is 237 g/mol. The van der Waals surface area contributed by atoms with Crippen LogP contribution >= 0.6 is 0 Å². The predicted octanol–water partition coefficient (Wildman–Crippen LogP) is 1.99. The molecule has 2 rings (SSSR count). The third kappa shape index (κ3) is 2.05. The van der Waals surface area contributed by atoms with Crippen LogP contribution in [-0.4, -0.2) is 34.0 Å². The Kier molecular flexibility index (Phi) is 2.92.